The zero-order valence-corrected chi connectivity index (χ0v) is 9.54. The van der Waals surface area contributed by atoms with Crippen LogP contribution < -0.4 is 5.73 Å². The van der Waals surface area contributed by atoms with Gasteiger partial charge < -0.3 is 10.6 Å². The molecule has 0 fully saturated rings. The van der Waals surface area contributed by atoms with Crippen LogP contribution in [0.15, 0.2) is 4.99 Å². The molecular formula is C10H23N3. The largest absolute Gasteiger partial charge is 0.370 e. The Morgan fingerprint density at radius 3 is 2.15 bits per heavy atom. The van der Waals surface area contributed by atoms with Crippen molar-refractivity contribution in [3.05, 3.63) is 0 Å². The van der Waals surface area contributed by atoms with Gasteiger partial charge in [-0.2, -0.15) is 0 Å². The van der Waals surface area contributed by atoms with Crippen LogP contribution in [0.1, 0.15) is 41.0 Å². The monoisotopic (exact) mass is 185 g/mol. The molecule has 0 aromatic carbocycles. The second kappa shape index (κ2) is 5.84. The van der Waals surface area contributed by atoms with Gasteiger partial charge in [0.1, 0.15) is 0 Å². The van der Waals surface area contributed by atoms with Crippen molar-refractivity contribution in [1.82, 2.24) is 4.90 Å². The molecule has 0 bridgehead atoms. The lowest BCUT2D eigenvalue weighted by Gasteiger charge is -2.27. The first kappa shape index (κ1) is 12.3. The molecule has 3 heteroatoms. The number of rotatable bonds is 4. The Balaban J connectivity index is 4.35. The van der Waals surface area contributed by atoms with E-state index in [1.54, 1.807) is 0 Å². The quantitative estimate of drug-likeness (QED) is 0.536. The molecule has 0 amide bonds. The highest BCUT2D eigenvalue weighted by Crippen LogP contribution is 2.00. The molecule has 0 atom stereocenters. The van der Waals surface area contributed by atoms with Gasteiger partial charge in [0.2, 0.25) is 0 Å². The zero-order chi connectivity index (χ0) is 10.4. The number of guanidine groups is 1. The first-order valence-electron chi connectivity index (χ1n) is 5.09. The Morgan fingerprint density at radius 2 is 1.85 bits per heavy atom. The first-order valence-corrected chi connectivity index (χ1v) is 5.09. The average molecular weight is 185 g/mol. The first-order chi connectivity index (χ1) is 5.99. The maximum atomic E-state index is 5.88. The molecular weight excluding hydrogens is 162 g/mol. The van der Waals surface area contributed by atoms with E-state index < -0.39 is 0 Å². The standard InChI is InChI=1S/C10H23N3/c1-6-7-13(9(4)5)10(11)12-8(2)3/h8-9H,6-7H2,1-5H3,(H2,11,12). The molecule has 0 unspecified atom stereocenters. The molecule has 0 radical (unpaired) electrons. The fourth-order valence-corrected chi connectivity index (χ4v) is 1.22. The highest BCUT2D eigenvalue weighted by Gasteiger charge is 2.10. The van der Waals surface area contributed by atoms with E-state index in [-0.39, 0.29) is 6.04 Å². The van der Waals surface area contributed by atoms with Gasteiger partial charge in [0, 0.05) is 18.6 Å². The van der Waals surface area contributed by atoms with Crippen molar-refractivity contribution in [2.24, 2.45) is 10.7 Å². The van der Waals surface area contributed by atoms with E-state index in [4.69, 9.17) is 5.73 Å². The predicted molar refractivity (Wildman–Crippen MR) is 58.9 cm³/mol. The lowest BCUT2D eigenvalue weighted by molar-refractivity contribution is 0.344. The summed E-state index contributed by atoms with van der Waals surface area (Å²) in [4.78, 5) is 6.48. The molecule has 2 N–H and O–H groups in total. The Hall–Kier alpha value is -0.730. The Morgan fingerprint density at radius 1 is 1.31 bits per heavy atom. The Kier molecular flexibility index (Phi) is 5.51. The summed E-state index contributed by atoms with van der Waals surface area (Å²) in [5, 5.41) is 0. The van der Waals surface area contributed by atoms with Crippen molar-refractivity contribution in [2.75, 3.05) is 6.54 Å². The highest BCUT2D eigenvalue weighted by molar-refractivity contribution is 5.78. The molecule has 0 aromatic heterocycles. The summed E-state index contributed by atoms with van der Waals surface area (Å²) in [6, 6.07) is 0.709. The van der Waals surface area contributed by atoms with E-state index in [1.165, 1.54) is 0 Å². The minimum atomic E-state index is 0.276. The summed E-state index contributed by atoms with van der Waals surface area (Å²) in [5.74, 6) is 0.673. The summed E-state index contributed by atoms with van der Waals surface area (Å²) in [5.41, 5.74) is 5.88. The summed E-state index contributed by atoms with van der Waals surface area (Å²) >= 11 is 0. The lowest BCUT2D eigenvalue weighted by atomic mass is 10.3. The van der Waals surface area contributed by atoms with Crippen molar-refractivity contribution >= 4 is 5.96 Å². The van der Waals surface area contributed by atoms with Crippen LogP contribution >= 0.6 is 0 Å². The second-order valence-electron chi connectivity index (χ2n) is 3.87. The fraction of sp³-hybridized carbons (Fsp3) is 0.900. The summed E-state index contributed by atoms with van der Waals surface area (Å²) in [6.45, 7) is 11.5. The van der Waals surface area contributed by atoms with Gasteiger partial charge in [-0.05, 0) is 34.1 Å². The van der Waals surface area contributed by atoms with E-state index in [9.17, 15) is 0 Å². The lowest BCUT2D eigenvalue weighted by Crippen LogP contribution is -2.43. The van der Waals surface area contributed by atoms with Gasteiger partial charge in [0.15, 0.2) is 5.96 Å². The maximum Gasteiger partial charge on any atom is 0.191 e. The van der Waals surface area contributed by atoms with Gasteiger partial charge in [-0.3, -0.25) is 4.99 Å². The number of hydrogen-bond acceptors (Lipinski definition) is 1. The van der Waals surface area contributed by atoms with E-state index in [0.717, 1.165) is 13.0 Å². The summed E-state index contributed by atoms with van der Waals surface area (Å²) in [6.07, 6.45) is 1.10. The number of nitrogens with two attached hydrogens (primary N) is 1. The van der Waals surface area contributed by atoms with Crippen molar-refractivity contribution in [1.29, 1.82) is 0 Å². The number of hydrogen-bond donors (Lipinski definition) is 1. The van der Waals surface area contributed by atoms with Crippen LogP contribution in [0, 0.1) is 0 Å². The summed E-state index contributed by atoms with van der Waals surface area (Å²) in [7, 11) is 0. The SMILES string of the molecule is CCCN(C(N)=NC(C)C)C(C)C. The average Bonchev–Trinajstić information content (AvgIpc) is 1.97. The molecule has 0 aliphatic rings. The third-order valence-corrected chi connectivity index (χ3v) is 1.77. The van der Waals surface area contributed by atoms with Gasteiger partial charge in [0.05, 0.1) is 0 Å². The van der Waals surface area contributed by atoms with E-state index in [2.05, 4.69) is 30.7 Å². The molecule has 0 aliphatic carbocycles. The van der Waals surface area contributed by atoms with Crippen LogP contribution in [-0.2, 0) is 0 Å². The smallest absolute Gasteiger partial charge is 0.191 e. The van der Waals surface area contributed by atoms with Crippen LogP contribution in [0.3, 0.4) is 0 Å². The van der Waals surface area contributed by atoms with E-state index in [0.29, 0.717) is 12.0 Å². The fourth-order valence-electron chi connectivity index (χ4n) is 1.22. The minimum Gasteiger partial charge on any atom is -0.370 e. The number of nitrogens with zero attached hydrogens (tertiary/aromatic N) is 2. The molecule has 0 rings (SSSR count). The van der Waals surface area contributed by atoms with Gasteiger partial charge in [-0.25, -0.2) is 0 Å². The normalized spacial score (nSPS) is 12.7. The van der Waals surface area contributed by atoms with Crippen molar-refractivity contribution in [3.63, 3.8) is 0 Å². The zero-order valence-electron chi connectivity index (χ0n) is 9.54. The van der Waals surface area contributed by atoms with Gasteiger partial charge in [-0.1, -0.05) is 6.92 Å². The van der Waals surface area contributed by atoms with Crippen LogP contribution in [0.5, 0.6) is 0 Å². The van der Waals surface area contributed by atoms with Gasteiger partial charge in [0.25, 0.3) is 0 Å². The highest BCUT2D eigenvalue weighted by atomic mass is 15.3. The van der Waals surface area contributed by atoms with Crippen molar-refractivity contribution in [3.8, 4) is 0 Å². The molecule has 3 nitrogen and oxygen atoms in total. The van der Waals surface area contributed by atoms with Crippen LogP contribution in [0.2, 0.25) is 0 Å². The molecule has 78 valence electrons. The van der Waals surface area contributed by atoms with Gasteiger partial charge in [-0.15, -0.1) is 0 Å². The minimum absolute atomic E-state index is 0.276. The van der Waals surface area contributed by atoms with Crippen LogP contribution in [0.4, 0.5) is 0 Å². The number of aliphatic imine (C=N–C) groups is 1. The van der Waals surface area contributed by atoms with E-state index in [1.807, 2.05) is 13.8 Å². The van der Waals surface area contributed by atoms with Crippen molar-refractivity contribution < 1.29 is 0 Å². The molecule has 0 aromatic rings. The molecule has 0 saturated heterocycles. The molecule has 0 spiro atoms. The Labute approximate surface area is 82.0 Å². The maximum absolute atomic E-state index is 5.88. The summed E-state index contributed by atoms with van der Waals surface area (Å²) < 4.78 is 0. The van der Waals surface area contributed by atoms with E-state index >= 15 is 0 Å². The van der Waals surface area contributed by atoms with Crippen LogP contribution in [-0.4, -0.2) is 29.5 Å². The molecule has 13 heavy (non-hydrogen) atoms. The van der Waals surface area contributed by atoms with Crippen LogP contribution in [0.25, 0.3) is 0 Å². The Bertz CT molecular complexity index is 162. The molecule has 0 heterocycles. The predicted octanol–water partition coefficient (Wildman–Crippen LogP) is 1.83. The van der Waals surface area contributed by atoms with Gasteiger partial charge >= 0.3 is 0 Å². The third kappa shape index (κ3) is 4.76. The third-order valence-electron chi connectivity index (χ3n) is 1.77. The van der Waals surface area contributed by atoms with Crippen molar-refractivity contribution in [2.45, 2.75) is 53.1 Å². The second-order valence-corrected chi connectivity index (χ2v) is 3.87. The topological polar surface area (TPSA) is 41.6 Å². The molecule has 0 aliphatic heterocycles. The molecule has 0 saturated carbocycles.